The molecule has 0 unspecified atom stereocenters. The lowest BCUT2D eigenvalue weighted by atomic mass is 10.2. The molecular formula is C13H7F2NOS. The van der Waals surface area contributed by atoms with Gasteiger partial charge in [-0.1, -0.05) is 0 Å². The van der Waals surface area contributed by atoms with Crippen LogP contribution >= 0.6 is 11.3 Å². The van der Waals surface area contributed by atoms with E-state index in [2.05, 4.69) is 4.98 Å². The third-order valence-corrected chi connectivity index (χ3v) is 3.59. The Labute approximate surface area is 105 Å². The van der Waals surface area contributed by atoms with Crippen molar-refractivity contribution in [2.45, 2.75) is 0 Å². The lowest BCUT2D eigenvalue weighted by Crippen LogP contribution is -1.82. The molecule has 0 fully saturated rings. The summed E-state index contributed by atoms with van der Waals surface area (Å²) < 4.78 is 27.4. The Bertz CT molecular complexity index is 739. The maximum atomic E-state index is 13.7. The highest BCUT2D eigenvalue weighted by atomic mass is 32.1. The summed E-state index contributed by atoms with van der Waals surface area (Å²) in [5, 5.41) is 9.62. The number of fused-ring (bicyclic) bond motifs is 1. The number of phenolic OH excluding ortho intramolecular Hbond substituents is 1. The number of hydrogen-bond acceptors (Lipinski definition) is 3. The molecule has 0 amide bonds. The first-order valence-electron chi connectivity index (χ1n) is 5.18. The summed E-state index contributed by atoms with van der Waals surface area (Å²) in [7, 11) is 0. The predicted molar refractivity (Wildman–Crippen MR) is 66.6 cm³/mol. The van der Waals surface area contributed by atoms with Crippen molar-refractivity contribution in [1.82, 2.24) is 4.98 Å². The fourth-order valence-electron chi connectivity index (χ4n) is 1.69. The Morgan fingerprint density at radius 3 is 2.67 bits per heavy atom. The average Bonchev–Trinajstić information content (AvgIpc) is 2.71. The Hall–Kier alpha value is -2.01. The van der Waals surface area contributed by atoms with Gasteiger partial charge in [0.05, 0.1) is 10.2 Å². The van der Waals surface area contributed by atoms with Crippen molar-refractivity contribution >= 4 is 21.6 Å². The Balaban J connectivity index is 2.19. The lowest BCUT2D eigenvalue weighted by Gasteiger charge is -1.98. The van der Waals surface area contributed by atoms with Crippen molar-refractivity contribution in [3.8, 4) is 16.3 Å². The van der Waals surface area contributed by atoms with Gasteiger partial charge in [0.2, 0.25) is 0 Å². The largest absolute Gasteiger partial charge is 0.508 e. The van der Waals surface area contributed by atoms with Crippen LogP contribution in [0.3, 0.4) is 0 Å². The second-order valence-corrected chi connectivity index (χ2v) is 4.83. The molecule has 2 aromatic carbocycles. The summed E-state index contributed by atoms with van der Waals surface area (Å²) in [5.74, 6) is -1.03. The van der Waals surface area contributed by atoms with Gasteiger partial charge >= 0.3 is 0 Å². The van der Waals surface area contributed by atoms with Crippen LogP contribution in [-0.2, 0) is 0 Å². The van der Waals surface area contributed by atoms with Crippen molar-refractivity contribution in [2.24, 2.45) is 0 Å². The molecule has 3 aromatic rings. The highest BCUT2D eigenvalue weighted by molar-refractivity contribution is 7.21. The molecule has 2 nitrogen and oxygen atoms in total. The number of rotatable bonds is 1. The molecule has 0 saturated heterocycles. The number of aromatic hydroxyl groups is 1. The summed E-state index contributed by atoms with van der Waals surface area (Å²) in [5.41, 5.74) is 0.929. The van der Waals surface area contributed by atoms with Crippen LogP contribution in [0.1, 0.15) is 0 Å². The zero-order valence-electron chi connectivity index (χ0n) is 9.02. The van der Waals surface area contributed by atoms with Gasteiger partial charge in [0.1, 0.15) is 22.4 Å². The van der Waals surface area contributed by atoms with E-state index in [1.54, 1.807) is 6.07 Å². The number of nitrogens with zero attached hydrogens (tertiary/aromatic N) is 1. The van der Waals surface area contributed by atoms with E-state index < -0.39 is 5.82 Å². The minimum absolute atomic E-state index is 0.136. The topological polar surface area (TPSA) is 33.1 Å². The molecule has 0 saturated carbocycles. The van der Waals surface area contributed by atoms with Gasteiger partial charge in [0.25, 0.3) is 0 Å². The molecule has 0 spiro atoms. The van der Waals surface area contributed by atoms with Crippen LogP contribution in [0.25, 0.3) is 20.8 Å². The zero-order valence-corrected chi connectivity index (χ0v) is 9.84. The van der Waals surface area contributed by atoms with Crippen LogP contribution in [0.4, 0.5) is 8.78 Å². The van der Waals surface area contributed by atoms with Gasteiger partial charge in [-0.3, -0.25) is 0 Å². The lowest BCUT2D eigenvalue weighted by molar-refractivity contribution is 0.469. The number of aromatic nitrogens is 1. The molecule has 0 bridgehead atoms. The van der Waals surface area contributed by atoms with Gasteiger partial charge < -0.3 is 5.11 Å². The van der Waals surface area contributed by atoms with E-state index in [9.17, 15) is 8.78 Å². The molecule has 0 atom stereocenters. The fraction of sp³-hybridized carbons (Fsp3) is 0. The number of benzene rings is 2. The molecule has 1 aromatic heterocycles. The number of hydrogen-bond donors (Lipinski definition) is 1. The monoisotopic (exact) mass is 263 g/mol. The molecule has 90 valence electrons. The maximum absolute atomic E-state index is 13.7. The Morgan fingerprint density at radius 2 is 1.89 bits per heavy atom. The van der Waals surface area contributed by atoms with Gasteiger partial charge in [-0.2, -0.15) is 0 Å². The average molecular weight is 263 g/mol. The van der Waals surface area contributed by atoms with E-state index in [0.29, 0.717) is 20.8 Å². The molecular weight excluding hydrogens is 256 g/mol. The first-order chi connectivity index (χ1) is 8.63. The number of phenols is 1. The number of halogens is 2. The van der Waals surface area contributed by atoms with Crippen LogP contribution in [-0.4, -0.2) is 10.1 Å². The Kier molecular flexibility index (Phi) is 2.48. The molecule has 0 aliphatic heterocycles. The van der Waals surface area contributed by atoms with Crippen LogP contribution < -0.4 is 0 Å². The SMILES string of the molecule is Oc1ccc(-c2nc3ccc(F)cc3s2)c(F)c1. The fourth-order valence-corrected chi connectivity index (χ4v) is 2.71. The molecule has 1 N–H and O–H groups in total. The van der Waals surface area contributed by atoms with Gasteiger partial charge in [0.15, 0.2) is 0 Å². The third kappa shape index (κ3) is 1.82. The van der Waals surface area contributed by atoms with Crippen LogP contribution in [0.15, 0.2) is 36.4 Å². The first kappa shape index (κ1) is 11.1. The molecule has 3 rings (SSSR count). The quantitative estimate of drug-likeness (QED) is 0.721. The van der Waals surface area contributed by atoms with E-state index in [1.165, 1.54) is 35.6 Å². The van der Waals surface area contributed by atoms with Crippen molar-refractivity contribution in [1.29, 1.82) is 0 Å². The summed E-state index contributed by atoms with van der Waals surface area (Å²) in [4.78, 5) is 4.24. The van der Waals surface area contributed by atoms with Crippen LogP contribution in [0.2, 0.25) is 0 Å². The predicted octanol–water partition coefficient (Wildman–Crippen LogP) is 3.95. The second kappa shape index (κ2) is 4.03. The van der Waals surface area contributed by atoms with Gasteiger partial charge in [-0.15, -0.1) is 11.3 Å². The van der Waals surface area contributed by atoms with E-state index in [-0.39, 0.29) is 11.6 Å². The summed E-state index contributed by atoms with van der Waals surface area (Å²) >= 11 is 1.21. The van der Waals surface area contributed by atoms with Crippen molar-refractivity contribution in [2.75, 3.05) is 0 Å². The first-order valence-corrected chi connectivity index (χ1v) is 6.00. The van der Waals surface area contributed by atoms with Gasteiger partial charge in [0, 0.05) is 11.6 Å². The third-order valence-electron chi connectivity index (χ3n) is 2.53. The Morgan fingerprint density at radius 1 is 1.06 bits per heavy atom. The molecule has 18 heavy (non-hydrogen) atoms. The van der Waals surface area contributed by atoms with Crippen LogP contribution in [0, 0.1) is 11.6 Å². The molecule has 1 heterocycles. The molecule has 5 heteroatoms. The van der Waals surface area contributed by atoms with Gasteiger partial charge in [-0.05, 0) is 30.3 Å². The zero-order chi connectivity index (χ0) is 12.7. The minimum Gasteiger partial charge on any atom is -0.508 e. The van der Waals surface area contributed by atoms with Crippen molar-refractivity contribution in [3.05, 3.63) is 48.0 Å². The second-order valence-electron chi connectivity index (χ2n) is 3.80. The van der Waals surface area contributed by atoms with Crippen molar-refractivity contribution < 1.29 is 13.9 Å². The van der Waals surface area contributed by atoms with E-state index in [0.717, 1.165) is 6.07 Å². The minimum atomic E-state index is -0.547. The smallest absolute Gasteiger partial charge is 0.137 e. The standard InChI is InChI=1S/C13H7F2NOS/c14-7-1-4-11-12(5-7)18-13(16-11)9-3-2-8(17)6-10(9)15/h1-6,17H. The van der Waals surface area contributed by atoms with Crippen LogP contribution in [0.5, 0.6) is 5.75 Å². The van der Waals surface area contributed by atoms with E-state index in [1.807, 2.05) is 0 Å². The normalized spacial score (nSPS) is 11.0. The molecule has 0 aliphatic carbocycles. The molecule has 0 radical (unpaired) electrons. The van der Waals surface area contributed by atoms with Crippen molar-refractivity contribution in [3.63, 3.8) is 0 Å². The highest BCUT2D eigenvalue weighted by Gasteiger charge is 2.11. The van der Waals surface area contributed by atoms with Gasteiger partial charge in [-0.25, -0.2) is 13.8 Å². The van der Waals surface area contributed by atoms with E-state index >= 15 is 0 Å². The summed E-state index contributed by atoms with van der Waals surface area (Å²) in [6.45, 7) is 0. The van der Waals surface area contributed by atoms with E-state index in [4.69, 9.17) is 5.11 Å². The summed E-state index contributed by atoms with van der Waals surface area (Å²) in [6.07, 6.45) is 0. The molecule has 0 aliphatic rings. The summed E-state index contributed by atoms with van der Waals surface area (Å²) in [6, 6.07) is 8.13. The number of thiazole rings is 1. The highest BCUT2D eigenvalue weighted by Crippen LogP contribution is 2.33. The maximum Gasteiger partial charge on any atom is 0.137 e.